The van der Waals surface area contributed by atoms with E-state index in [9.17, 15) is 9.59 Å². The molecule has 3 rings (SSSR count). The van der Waals surface area contributed by atoms with Crippen LogP contribution >= 0.6 is 11.6 Å². The van der Waals surface area contributed by atoms with Crippen molar-refractivity contribution in [3.63, 3.8) is 0 Å². The lowest BCUT2D eigenvalue weighted by Crippen LogP contribution is -2.28. The van der Waals surface area contributed by atoms with E-state index in [1.165, 1.54) is 6.07 Å². The van der Waals surface area contributed by atoms with E-state index in [0.29, 0.717) is 16.1 Å². The van der Waals surface area contributed by atoms with Crippen LogP contribution < -0.4 is 10.9 Å². The summed E-state index contributed by atoms with van der Waals surface area (Å²) < 4.78 is 1.55. The maximum absolute atomic E-state index is 11.8. The van der Waals surface area contributed by atoms with E-state index in [-0.39, 0.29) is 12.1 Å². The Labute approximate surface area is 107 Å². The van der Waals surface area contributed by atoms with Gasteiger partial charge in [-0.1, -0.05) is 17.7 Å². The average molecular weight is 265 g/mol. The highest BCUT2D eigenvalue weighted by atomic mass is 35.5. The van der Waals surface area contributed by atoms with Crippen LogP contribution in [0.25, 0.3) is 10.9 Å². The van der Waals surface area contributed by atoms with Gasteiger partial charge in [-0.2, -0.15) is 0 Å². The Hall–Kier alpha value is -2.01. The number of carboxylic acid groups (broad SMARTS) is 1. The third-order valence-corrected chi connectivity index (χ3v) is 3.48. The van der Waals surface area contributed by atoms with Crippen molar-refractivity contribution in [2.24, 2.45) is 0 Å². The number of hydrogen-bond donors (Lipinski definition) is 2. The van der Waals surface area contributed by atoms with Gasteiger partial charge in [0.2, 0.25) is 0 Å². The number of benzene rings is 1. The van der Waals surface area contributed by atoms with Crippen LogP contribution in [0.2, 0.25) is 5.02 Å². The van der Waals surface area contributed by atoms with E-state index < -0.39 is 12.1 Å². The zero-order valence-corrected chi connectivity index (χ0v) is 9.94. The third kappa shape index (κ3) is 1.48. The summed E-state index contributed by atoms with van der Waals surface area (Å²) in [4.78, 5) is 22.6. The zero-order valence-electron chi connectivity index (χ0n) is 9.18. The van der Waals surface area contributed by atoms with Gasteiger partial charge >= 0.3 is 6.09 Å². The van der Waals surface area contributed by atoms with Crippen LogP contribution in [0.3, 0.4) is 0 Å². The quantitative estimate of drug-likeness (QED) is 0.827. The molecule has 0 saturated carbocycles. The highest BCUT2D eigenvalue weighted by Crippen LogP contribution is 2.36. The average Bonchev–Trinajstić information content (AvgIpc) is 2.67. The molecule has 0 radical (unpaired) electrons. The molecule has 0 aliphatic carbocycles. The lowest BCUT2D eigenvalue weighted by Gasteiger charge is -2.11. The lowest BCUT2D eigenvalue weighted by atomic mass is 10.1. The Morgan fingerprint density at radius 2 is 2.11 bits per heavy atom. The maximum atomic E-state index is 11.8. The Bertz CT molecular complexity index is 723. The predicted molar refractivity (Wildman–Crippen MR) is 67.1 cm³/mol. The monoisotopic (exact) mass is 264 g/mol. The van der Waals surface area contributed by atoms with E-state index in [2.05, 4.69) is 5.32 Å². The highest BCUT2D eigenvalue weighted by Gasteiger charge is 2.28. The molecular weight excluding hydrogens is 256 g/mol. The summed E-state index contributed by atoms with van der Waals surface area (Å²) in [6, 6.07) is 6.25. The lowest BCUT2D eigenvalue weighted by molar-refractivity contribution is 0.189. The Balaban J connectivity index is 2.31. The second kappa shape index (κ2) is 3.74. The standard InChI is InChI=1S/C12H9ClN2O3/c13-7-3-1-6-2-4-9(16)15-5-8(14-12(17)18)10(7)11(6)15/h1-4,8,14H,5H2,(H,17,18). The van der Waals surface area contributed by atoms with Gasteiger partial charge in [-0.3, -0.25) is 4.79 Å². The molecule has 18 heavy (non-hydrogen) atoms. The number of carbonyl (C=O) groups is 1. The zero-order chi connectivity index (χ0) is 12.9. The van der Waals surface area contributed by atoms with Gasteiger partial charge in [0.1, 0.15) is 0 Å². The normalized spacial score (nSPS) is 17.1. The molecule has 1 aliphatic rings. The first kappa shape index (κ1) is 11.1. The molecule has 1 atom stereocenters. The molecule has 1 aliphatic heterocycles. The number of pyridine rings is 1. The van der Waals surface area contributed by atoms with Crippen molar-refractivity contribution >= 4 is 28.6 Å². The molecule has 2 N–H and O–H groups in total. The molecule has 1 aromatic carbocycles. The van der Waals surface area contributed by atoms with Crippen LogP contribution in [0.1, 0.15) is 11.6 Å². The van der Waals surface area contributed by atoms with Crippen LogP contribution in [-0.4, -0.2) is 15.8 Å². The summed E-state index contributed by atoms with van der Waals surface area (Å²) in [5.74, 6) is 0. The van der Waals surface area contributed by atoms with E-state index >= 15 is 0 Å². The van der Waals surface area contributed by atoms with Crippen molar-refractivity contribution in [3.05, 3.63) is 45.2 Å². The van der Waals surface area contributed by atoms with Crippen LogP contribution in [0.5, 0.6) is 0 Å². The van der Waals surface area contributed by atoms with Crippen LogP contribution in [0, 0.1) is 0 Å². The van der Waals surface area contributed by atoms with Crippen molar-refractivity contribution < 1.29 is 9.90 Å². The Kier molecular flexibility index (Phi) is 2.31. The van der Waals surface area contributed by atoms with Gasteiger partial charge in [0.15, 0.2) is 0 Å². The number of amides is 1. The minimum absolute atomic E-state index is 0.152. The fourth-order valence-electron chi connectivity index (χ4n) is 2.45. The number of hydrogen-bond acceptors (Lipinski definition) is 2. The molecule has 2 heterocycles. The minimum atomic E-state index is -1.13. The van der Waals surface area contributed by atoms with Gasteiger partial charge in [0, 0.05) is 16.7 Å². The SMILES string of the molecule is O=C(O)NC1Cn2c(=O)ccc3ccc(Cl)c1c32. The predicted octanol–water partition coefficient (Wildman–Crippen LogP) is 1.98. The summed E-state index contributed by atoms with van der Waals surface area (Å²) in [5.41, 5.74) is 1.24. The van der Waals surface area contributed by atoms with Crippen LogP contribution in [0.4, 0.5) is 4.79 Å². The molecular formula is C12H9ClN2O3. The fourth-order valence-corrected chi connectivity index (χ4v) is 2.73. The summed E-state index contributed by atoms with van der Waals surface area (Å²) in [7, 11) is 0. The number of rotatable bonds is 1. The highest BCUT2D eigenvalue weighted by molar-refractivity contribution is 6.32. The van der Waals surface area contributed by atoms with Gasteiger partial charge in [-0.15, -0.1) is 0 Å². The second-order valence-electron chi connectivity index (χ2n) is 4.18. The topological polar surface area (TPSA) is 71.3 Å². The van der Waals surface area contributed by atoms with Crippen molar-refractivity contribution in [2.45, 2.75) is 12.6 Å². The van der Waals surface area contributed by atoms with Gasteiger partial charge in [0.25, 0.3) is 5.56 Å². The molecule has 6 heteroatoms. The third-order valence-electron chi connectivity index (χ3n) is 3.15. The molecule has 92 valence electrons. The summed E-state index contributed by atoms with van der Waals surface area (Å²) in [5, 5.41) is 12.6. The van der Waals surface area contributed by atoms with Crippen molar-refractivity contribution in [2.75, 3.05) is 0 Å². The molecule has 1 unspecified atom stereocenters. The second-order valence-corrected chi connectivity index (χ2v) is 4.59. The molecule has 0 saturated heterocycles. The molecule has 0 bridgehead atoms. The first-order valence-corrected chi connectivity index (χ1v) is 5.77. The smallest absolute Gasteiger partial charge is 0.405 e. The van der Waals surface area contributed by atoms with Gasteiger partial charge in [-0.25, -0.2) is 4.79 Å². The summed E-state index contributed by atoms with van der Waals surface area (Å²) in [6.45, 7) is 0.279. The molecule has 0 spiro atoms. The first-order chi connectivity index (χ1) is 8.58. The van der Waals surface area contributed by atoms with E-state index in [1.54, 1.807) is 16.7 Å². The minimum Gasteiger partial charge on any atom is -0.465 e. The van der Waals surface area contributed by atoms with Crippen LogP contribution in [0.15, 0.2) is 29.1 Å². The van der Waals surface area contributed by atoms with Gasteiger partial charge in [0.05, 0.1) is 18.1 Å². The Morgan fingerprint density at radius 3 is 2.83 bits per heavy atom. The number of aromatic nitrogens is 1. The first-order valence-electron chi connectivity index (χ1n) is 5.39. The number of halogens is 1. The van der Waals surface area contributed by atoms with E-state index in [1.807, 2.05) is 6.07 Å². The van der Waals surface area contributed by atoms with Crippen molar-refractivity contribution in [1.82, 2.24) is 9.88 Å². The van der Waals surface area contributed by atoms with Crippen molar-refractivity contribution in [1.29, 1.82) is 0 Å². The summed E-state index contributed by atoms with van der Waals surface area (Å²) >= 11 is 6.12. The summed E-state index contributed by atoms with van der Waals surface area (Å²) in [6.07, 6.45) is -1.13. The Morgan fingerprint density at radius 1 is 1.39 bits per heavy atom. The molecule has 1 aromatic heterocycles. The number of nitrogens with zero attached hydrogens (tertiary/aromatic N) is 1. The van der Waals surface area contributed by atoms with Crippen LogP contribution in [-0.2, 0) is 6.54 Å². The van der Waals surface area contributed by atoms with Gasteiger partial charge in [-0.05, 0) is 17.5 Å². The van der Waals surface area contributed by atoms with E-state index in [4.69, 9.17) is 16.7 Å². The van der Waals surface area contributed by atoms with Gasteiger partial charge < -0.3 is 15.0 Å². The van der Waals surface area contributed by atoms with Crippen molar-refractivity contribution in [3.8, 4) is 0 Å². The largest absolute Gasteiger partial charge is 0.465 e. The number of nitrogens with one attached hydrogen (secondary N) is 1. The maximum Gasteiger partial charge on any atom is 0.405 e. The fraction of sp³-hybridized carbons (Fsp3) is 0.167. The molecule has 1 amide bonds. The molecule has 0 fully saturated rings. The molecule has 2 aromatic rings. The molecule has 5 nitrogen and oxygen atoms in total. The van der Waals surface area contributed by atoms with E-state index in [0.717, 1.165) is 5.39 Å².